The molecule has 0 amide bonds. The molecule has 2 heterocycles. The predicted octanol–water partition coefficient (Wildman–Crippen LogP) is 1.25. The minimum Gasteiger partial charge on any atom is -0.374 e. The maximum absolute atomic E-state index is 5.38. The highest BCUT2D eigenvalue weighted by atomic mass is 79.9. The average molecular weight is 313 g/mol. The van der Waals surface area contributed by atoms with Gasteiger partial charge < -0.3 is 10.2 Å². The first-order valence-corrected chi connectivity index (χ1v) is 6.15. The van der Waals surface area contributed by atoms with Crippen molar-refractivity contribution in [2.45, 2.75) is 13.5 Å². The van der Waals surface area contributed by atoms with Crippen LogP contribution < -0.4 is 11.3 Å². The Kier molecular flexibility index (Phi) is 4.24. The molecule has 0 radical (unpaired) electrons. The van der Waals surface area contributed by atoms with Crippen molar-refractivity contribution in [3.63, 3.8) is 0 Å². The molecule has 18 heavy (non-hydrogen) atoms. The van der Waals surface area contributed by atoms with Crippen molar-refractivity contribution in [3.05, 3.63) is 28.8 Å². The van der Waals surface area contributed by atoms with Crippen LogP contribution in [0.1, 0.15) is 12.7 Å². The molecule has 0 aromatic carbocycles. The van der Waals surface area contributed by atoms with Crippen LogP contribution in [0.3, 0.4) is 0 Å². The quantitative estimate of drug-likeness (QED) is 0.638. The molecule has 2 aromatic rings. The molecule has 0 aliphatic heterocycles. The molecule has 0 bridgehead atoms. The van der Waals surface area contributed by atoms with E-state index in [0.717, 1.165) is 4.47 Å². The molecule has 0 spiro atoms. The topological polar surface area (TPSA) is 90.9 Å². The second kappa shape index (κ2) is 5.89. The van der Waals surface area contributed by atoms with E-state index in [0.29, 0.717) is 30.7 Å². The maximum atomic E-state index is 5.38. The van der Waals surface area contributed by atoms with Crippen LogP contribution in [0.15, 0.2) is 22.9 Å². The molecule has 0 atom stereocenters. The number of aromatic nitrogens is 4. The van der Waals surface area contributed by atoms with Crippen molar-refractivity contribution < 1.29 is 4.74 Å². The summed E-state index contributed by atoms with van der Waals surface area (Å²) in [5.41, 5.74) is 2.50. The van der Waals surface area contributed by atoms with Crippen LogP contribution in [-0.4, -0.2) is 26.4 Å². The van der Waals surface area contributed by atoms with Crippen molar-refractivity contribution in [2.24, 2.45) is 5.84 Å². The zero-order valence-corrected chi connectivity index (χ0v) is 11.4. The van der Waals surface area contributed by atoms with Gasteiger partial charge in [0.2, 0.25) is 0 Å². The van der Waals surface area contributed by atoms with E-state index in [-0.39, 0.29) is 0 Å². The Hall–Kier alpha value is -1.51. The van der Waals surface area contributed by atoms with Gasteiger partial charge in [0.25, 0.3) is 0 Å². The average Bonchev–Trinajstić information content (AvgIpc) is 2.82. The molecule has 0 saturated carbocycles. The van der Waals surface area contributed by atoms with Crippen LogP contribution in [0.5, 0.6) is 0 Å². The summed E-state index contributed by atoms with van der Waals surface area (Å²) in [4.78, 5) is 8.55. The van der Waals surface area contributed by atoms with Crippen molar-refractivity contribution in [2.75, 3.05) is 12.0 Å². The highest BCUT2D eigenvalue weighted by Crippen LogP contribution is 2.14. The molecule has 2 rings (SSSR count). The van der Waals surface area contributed by atoms with Gasteiger partial charge in [0.15, 0.2) is 11.6 Å². The van der Waals surface area contributed by atoms with E-state index in [1.165, 1.54) is 0 Å². The number of rotatable bonds is 5. The number of nitrogens with zero attached hydrogens (tertiary/aromatic N) is 4. The first-order chi connectivity index (χ1) is 8.72. The predicted molar refractivity (Wildman–Crippen MR) is 70.0 cm³/mol. The minimum absolute atomic E-state index is 0.335. The standard InChI is InChI=1S/C10H13BrN6O/c1-2-18-6-9-14-8(16-12)3-10(15-9)17-5-7(11)4-13-17/h3-5H,2,6,12H2,1H3,(H,14,15,16). The number of nitrogens with two attached hydrogens (primary N) is 1. The summed E-state index contributed by atoms with van der Waals surface area (Å²) in [6.07, 6.45) is 3.48. The van der Waals surface area contributed by atoms with Gasteiger partial charge in [-0.25, -0.2) is 20.5 Å². The van der Waals surface area contributed by atoms with Gasteiger partial charge in [0.05, 0.1) is 10.7 Å². The Bertz CT molecular complexity index is 529. The summed E-state index contributed by atoms with van der Waals surface area (Å²) in [5.74, 6) is 7.07. The second-order valence-corrected chi connectivity index (χ2v) is 4.33. The third-order valence-electron chi connectivity index (χ3n) is 2.13. The van der Waals surface area contributed by atoms with Gasteiger partial charge in [0, 0.05) is 18.9 Å². The Labute approximate surface area is 112 Å². The van der Waals surface area contributed by atoms with Crippen LogP contribution in [0.25, 0.3) is 5.82 Å². The third-order valence-corrected chi connectivity index (χ3v) is 2.54. The van der Waals surface area contributed by atoms with Gasteiger partial charge in [0.1, 0.15) is 12.4 Å². The molecule has 0 fully saturated rings. The molecular weight excluding hydrogens is 300 g/mol. The molecule has 0 unspecified atom stereocenters. The van der Waals surface area contributed by atoms with E-state index in [9.17, 15) is 0 Å². The fraction of sp³-hybridized carbons (Fsp3) is 0.300. The smallest absolute Gasteiger partial charge is 0.159 e. The van der Waals surface area contributed by atoms with E-state index >= 15 is 0 Å². The molecule has 0 aliphatic carbocycles. The summed E-state index contributed by atoms with van der Waals surface area (Å²) in [6, 6.07) is 1.70. The fourth-order valence-corrected chi connectivity index (χ4v) is 1.64. The summed E-state index contributed by atoms with van der Waals surface area (Å²) in [7, 11) is 0. The number of anilines is 1. The lowest BCUT2D eigenvalue weighted by Crippen LogP contribution is -2.13. The molecular formula is C10H13BrN6O. The number of hydrogen-bond acceptors (Lipinski definition) is 6. The van der Waals surface area contributed by atoms with Crippen LogP contribution in [-0.2, 0) is 11.3 Å². The summed E-state index contributed by atoms with van der Waals surface area (Å²) in [6.45, 7) is 2.85. The van der Waals surface area contributed by atoms with E-state index in [4.69, 9.17) is 10.6 Å². The largest absolute Gasteiger partial charge is 0.374 e. The molecule has 3 N–H and O–H groups in total. The Morgan fingerprint density at radius 1 is 1.50 bits per heavy atom. The normalized spacial score (nSPS) is 10.6. The summed E-state index contributed by atoms with van der Waals surface area (Å²) >= 11 is 3.33. The second-order valence-electron chi connectivity index (χ2n) is 3.41. The van der Waals surface area contributed by atoms with E-state index in [2.05, 4.69) is 36.4 Å². The van der Waals surface area contributed by atoms with Crippen molar-refractivity contribution in [1.29, 1.82) is 0 Å². The van der Waals surface area contributed by atoms with E-state index in [1.807, 2.05) is 6.92 Å². The van der Waals surface area contributed by atoms with E-state index in [1.54, 1.807) is 23.1 Å². The van der Waals surface area contributed by atoms with Gasteiger partial charge in [-0.15, -0.1) is 0 Å². The van der Waals surface area contributed by atoms with Crippen molar-refractivity contribution >= 4 is 21.7 Å². The van der Waals surface area contributed by atoms with Crippen LogP contribution in [0.2, 0.25) is 0 Å². The lowest BCUT2D eigenvalue weighted by molar-refractivity contribution is 0.128. The summed E-state index contributed by atoms with van der Waals surface area (Å²) in [5, 5.41) is 4.15. The van der Waals surface area contributed by atoms with Gasteiger partial charge in [-0.1, -0.05) is 0 Å². The molecule has 8 heteroatoms. The number of nitrogens with one attached hydrogen (secondary N) is 1. The zero-order valence-electron chi connectivity index (χ0n) is 9.80. The number of ether oxygens (including phenoxy) is 1. The fourth-order valence-electron chi connectivity index (χ4n) is 1.36. The Morgan fingerprint density at radius 2 is 2.33 bits per heavy atom. The van der Waals surface area contributed by atoms with Gasteiger partial charge in [-0.3, -0.25) is 0 Å². The lowest BCUT2D eigenvalue weighted by Gasteiger charge is -2.07. The molecule has 96 valence electrons. The monoisotopic (exact) mass is 312 g/mol. The number of nitrogen functional groups attached to an aromatic ring is 1. The zero-order chi connectivity index (χ0) is 13.0. The molecule has 7 nitrogen and oxygen atoms in total. The molecule has 0 saturated heterocycles. The SMILES string of the molecule is CCOCc1nc(NN)cc(-n2cc(Br)cn2)n1. The van der Waals surface area contributed by atoms with Crippen LogP contribution in [0, 0.1) is 0 Å². The Balaban J connectivity index is 2.34. The highest BCUT2D eigenvalue weighted by molar-refractivity contribution is 9.10. The van der Waals surface area contributed by atoms with Gasteiger partial charge in [-0.2, -0.15) is 5.10 Å². The number of hydrogen-bond donors (Lipinski definition) is 2. The first kappa shape index (κ1) is 12.9. The highest BCUT2D eigenvalue weighted by Gasteiger charge is 2.07. The summed E-state index contributed by atoms with van der Waals surface area (Å²) < 4.78 is 7.78. The van der Waals surface area contributed by atoms with Gasteiger partial charge in [-0.05, 0) is 22.9 Å². The van der Waals surface area contributed by atoms with Crippen molar-refractivity contribution in [3.8, 4) is 5.82 Å². The van der Waals surface area contributed by atoms with Crippen LogP contribution >= 0.6 is 15.9 Å². The lowest BCUT2D eigenvalue weighted by atomic mass is 10.5. The van der Waals surface area contributed by atoms with Gasteiger partial charge >= 0.3 is 0 Å². The minimum atomic E-state index is 0.335. The molecule has 0 aliphatic rings. The number of halogens is 1. The Morgan fingerprint density at radius 3 is 2.94 bits per heavy atom. The third kappa shape index (κ3) is 3.03. The first-order valence-electron chi connectivity index (χ1n) is 5.35. The van der Waals surface area contributed by atoms with Crippen LogP contribution in [0.4, 0.5) is 5.82 Å². The van der Waals surface area contributed by atoms with E-state index < -0.39 is 0 Å². The molecule has 2 aromatic heterocycles. The number of hydrazine groups is 1. The maximum Gasteiger partial charge on any atom is 0.159 e. The van der Waals surface area contributed by atoms with Crippen molar-refractivity contribution in [1.82, 2.24) is 19.7 Å².